The van der Waals surface area contributed by atoms with E-state index in [1.165, 1.54) is 11.8 Å². The molecule has 1 nitrogen and oxygen atoms in total. The molecular formula is C8H16OS. The van der Waals surface area contributed by atoms with Gasteiger partial charge in [0.15, 0.2) is 5.12 Å². The zero-order chi connectivity index (χ0) is 7.98. The van der Waals surface area contributed by atoms with E-state index in [1.54, 1.807) is 0 Å². The van der Waals surface area contributed by atoms with Crippen LogP contribution in [0.2, 0.25) is 0 Å². The Kier molecular flexibility index (Phi) is 5.79. The SMILES string of the molecule is CCCSC(=O)C(C)CC. The molecule has 0 saturated heterocycles. The summed E-state index contributed by atoms with van der Waals surface area (Å²) in [5, 5.41) is 0.351. The summed E-state index contributed by atoms with van der Waals surface area (Å²) in [7, 11) is 0. The monoisotopic (exact) mass is 160 g/mol. The Bertz CT molecular complexity index is 101. The van der Waals surface area contributed by atoms with E-state index in [0.29, 0.717) is 5.12 Å². The average Bonchev–Trinajstić information content (AvgIpc) is 1.98. The van der Waals surface area contributed by atoms with Crippen LogP contribution in [0.3, 0.4) is 0 Å². The van der Waals surface area contributed by atoms with Gasteiger partial charge in [-0.05, 0) is 12.8 Å². The van der Waals surface area contributed by atoms with E-state index in [4.69, 9.17) is 0 Å². The molecule has 0 spiro atoms. The van der Waals surface area contributed by atoms with Crippen LogP contribution in [0, 0.1) is 5.92 Å². The molecule has 1 unspecified atom stereocenters. The standard InChI is InChI=1S/C8H16OS/c1-4-6-10-8(9)7(3)5-2/h7H,4-6H2,1-3H3. The van der Waals surface area contributed by atoms with Crippen molar-refractivity contribution in [2.75, 3.05) is 5.75 Å². The summed E-state index contributed by atoms with van der Waals surface area (Å²) in [6.07, 6.45) is 2.06. The maximum absolute atomic E-state index is 11.1. The van der Waals surface area contributed by atoms with Crippen molar-refractivity contribution in [2.24, 2.45) is 5.92 Å². The highest BCUT2D eigenvalue weighted by molar-refractivity contribution is 8.13. The highest BCUT2D eigenvalue weighted by atomic mass is 32.2. The summed E-state index contributed by atoms with van der Waals surface area (Å²) in [6, 6.07) is 0. The van der Waals surface area contributed by atoms with Crippen molar-refractivity contribution in [2.45, 2.75) is 33.6 Å². The van der Waals surface area contributed by atoms with Gasteiger partial charge >= 0.3 is 0 Å². The number of carbonyl (C=O) groups excluding carboxylic acids is 1. The van der Waals surface area contributed by atoms with Crippen LogP contribution < -0.4 is 0 Å². The van der Waals surface area contributed by atoms with Gasteiger partial charge in [0, 0.05) is 11.7 Å². The van der Waals surface area contributed by atoms with Crippen LogP contribution in [0.15, 0.2) is 0 Å². The molecule has 0 saturated carbocycles. The van der Waals surface area contributed by atoms with Crippen LogP contribution in [0.25, 0.3) is 0 Å². The van der Waals surface area contributed by atoms with E-state index in [9.17, 15) is 4.79 Å². The Hall–Kier alpha value is 0.0200. The van der Waals surface area contributed by atoms with Crippen LogP contribution >= 0.6 is 11.8 Å². The van der Waals surface area contributed by atoms with Crippen LogP contribution in [0.5, 0.6) is 0 Å². The number of hydrogen-bond donors (Lipinski definition) is 0. The normalized spacial score (nSPS) is 13.1. The molecule has 1 atom stereocenters. The van der Waals surface area contributed by atoms with E-state index < -0.39 is 0 Å². The van der Waals surface area contributed by atoms with Crippen LogP contribution in [0.4, 0.5) is 0 Å². The van der Waals surface area contributed by atoms with Gasteiger partial charge in [-0.15, -0.1) is 0 Å². The third kappa shape index (κ3) is 3.94. The van der Waals surface area contributed by atoms with E-state index in [1.807, 2.05) is 6.92 Å². The summed E-state index contributed by atoms with van der Waals surface area (Å²) in [5.41, 5.74) is 0. The third-order valence-electron chi connectivity index (χ3n) is 1.46. The molecule has 10 heavy (non-hydrogen) atoms. The highest BCUT2D eigenvalue weighted by Gasteiger charge is 2.09. The molecule has 0 bridgehead atoms. The van der Waals surface area contributed by atoms with Crippen molar-refractivity contribution in [1.29, 1.82) is 0 Å². The molecule has 0 fully saturated rings. The van der Waals surface area contributed by atoms with Gasteiger partial charge in [-0.25, -0.2) is 0 Å². The third-order valence-corrected chi connectivity index (χ3v) is 2.76. The van der Waals surface area contributed by atoms with Gasteiger partial charge in [0.05, 0.1) is 0 Å². The molecular weight excluding hydrogens is 144 g/mol. The van der Waals surface area contributed by atoms with E-state index >= 15 is 0 Å². The predicted molar refractivity (Wildman–Crippen MR) is 47.2 cm³/mol. The first-order valence-corrected chi connectivity index (χ1v) is 4.87. The minimum atomic E-state index is 0.247. The van der Waals surface area contributed by atoms with Crippen LogP contribution in [-0.4, -0.2) is 10.9 Å². The molecule has 0 radical (unpaired) electrons. The predicted octanol–water partition coefficient (Wildman–Crippen LogP) is 2.70. The van der Waals surface area contributed by atoms with Crippen molar-refractivity contribution >= 4 is 16.9 Å². The summed E-state index contributed by atoms with van der Waals surface area (Å²) in [6.45, 7) is 6.14. The van der Waals surface area contributed by atoms with Crippen molar-refractivity contribution in [3.05, 3.63) is 0 Å². The lowest BCUT2D eigenvalue weighted by molar-refractivity contribution is -0.113. The lowest BCUT2D eigenvalue weighted by Crippen LogP contribution is -2.05. The minimum Gasteiger partial charge on any atom is -0.287 e. The summed E-state index contributed by atoms with van der Waals surface area (Å²) in [5.74, 6) is 1.22. The summed E-state index contributed by atoms with van der Waals surface area (Å²) >= 11 is 1.47. The number of rotatable bonds is 4. The van der Waals surface area contributed by atoms with E-state index in [2.05, 4.69) is 13.8 Å². The second kappa shape index (κ2) is 5.78. The zero-order valence-electron chi connectivity index (χ0n) is 7.02. The zero-order valence-corrected chi connectivity index (χ0v) is 7.83. The van der Waals surface area contributed by atoms with Crippen molar-refractivity contribution < 1.29 is 4.79 Å². The lowest BCUT2D eigenvalue weighted by Gasteiger charge is -2.04. The van der Waals surface area contributed by atoms with Gasteiger partial charge in [0.1, 0.15) is 0 Å². The number of carbonyl (C=O) groups is 1. The molecule has 0 aromatic carbocycles. The molecule has 0 aromatic heterocycles. The number of hydrogen-bond acceptors (Lipinski definition) is 2. The van der Waals surface area contributed by atoms with Gasteiger partial charge < -0.3 is 0 Å². The maximum atomic E-state index is 11.1. The first-order valence-electron chi connectivity index (χ1n) is 3.89. The van der Waals surface area contributed by atoms with Gasteiger partial charge in [-0.1, -0.05) is 32.5 Å². The average molecular weight is 160 g/mol. The molecule has 0 heterocycles. The summed E-state index contributed by atoms with van der Waals surface area (Å²) in [4.78, 5) is 11.1. The fourth-order valence-electron chi connectivity index (χ4n) is 0.512. The van der Waals surface area contributed by atoms with Gasteiger partial charge in [-0.3, -0.25) is 4.79 Å². The van der Waals surface area contributed by atoms with Crippen LogP contribution in [0.1, 0.15) is 33.6 Å². The molecule has 0 amide bonds. The van der Waals surface area contributed by atoms with Crippen molar-refractivity contribution in [3.63, 3.8) is 0 Å². The van der Waals surface area contributed by atoms with Crippen molar-refractivity contribution in [1.82, 2.24) is 0 Å². The number of thioether (sulfide) groups is 1. The maximum Gasteiger partial charge on any atom is 0.191 e. The highest BCUT2D eigenvalue weighted by Crippen LogP contribution is 2.13. The van der Waals surface area contributed by atoms with Gasteiger partial charge in [0.25, 0.3) is 0 Å². The Morgan fingerprint density at radius 2 is 2.10 bits per heavy atom. The first kappa shape index (κ1) is 10.0. The minimum absolute atomic E-state index is 0.247. The Morgan fingerprint density at radius 3 is 2.50 bits per heavy atom. The van der Waals surface area contributed by atoms with Crippen molar-refractivity contribution in [3.8, 4) is 0 Å². The largest absolute Gasteiger partial charge is 0.287 e. The van der Waals surface area contributed by atoms with Gasteiger partial charge in [-0.2, -0.15) is 0 Å². The molecule has 0 aromatic rings. The molecule has 0 aliphatic carbocycles. The molecule has 0 aliphatic rings. The lowest BCUT2D eigenvalue weighted by atomic mass is 10.1. The molecule has 60 valence electrons. The van der Waals surface area contributed by atoms with Crippen LogP contribution in [-0.2, 0) is 4.79 Å². The fourth-order valence-corrected chi connectivity index (χ4v) is 1.37. The second-order valence-electron chi connectivity index (χ2n) is 2.48. The molecule has 0 aliphatic heterocycles. The quantitative estimate of drug-likeness (QED) is 0.629. The Labute approximate surface area is 67.6 Å². The molecule has 0 N–H and O–H groups in total. The second-order valence-corrected chi connectivity index (χ2v) is 3.58. The smallest absolute Gasteiger partial charge is 0.191 e. The Balaban J connectivity index is 3.42. The Morgan fingerprint density at radius 1 is 1.50 bits per heavy atom. The molecule has 2 heteroatoms. The van der Waals surface area contributed by atoms with Gasteiger partial charge in [0.2, 0.25) is 0 Å². The van der Waals surface area contributed by atoms with E-state index in [0.717, 1.165) is 18.6 Å². The van der Waals surface area contributed by atoms with E-state index in [-0.39, 0.29) is 5.92 Å². The first-order chi connectivity index (χ1) is 4.72. The molecule has 0 rings (SSSR count). The topological polar surface area (TPSA) is 17.1 Å². The fraction of sp³-hybridized carbons (Fsp3) is 0.875. The summed E-state index contributed by atoms with van der Waals surface area (Å²) < 4.78 is 0.